The molecule has 2 aromatic rings. The van der Waals surface area contributed by atoms with E-state index in [0.717, 1.165) is 31.1 Å². The lowest BCUT2D eigenvalue weighted by Crippen LogP contribution is -2.47. The Morgan fingerprint density at radius 1 is 1.14 bits per heavy atom. The number of hydrogen-bond donors (Lipinski definition) is 0. The summed E-state index contributed by atoms with van der Waals surface area (Å²) in [7, 11) is 2.16. The van der Waals surface area contributed by atoms with Crippen LogP contribution in [0.1, 0.15) is 17.3 Å². The van der Waals surface area contributed by atoms with Crippen molar-refractivity contribution in [1.82, 2.24) is 14.9 Å². The van der Waals surface area contributed by atoms with Crippen LogP contribution >= 0.6 is 11.6 Å². The lowest BCUT2D eigenvalue weighted by atomic mass is 10.0. The van der Waals surface area contributed by atoms with Gasteiger partial charge in [0.15, 0.2) is 0 Å². The van der Waals surface area contributed by atoms with E-state index in [0.29, 0.717) is 11.9 Å². The highest BCUT2D eigenvalue weighted by atomic mass is 35.5. The molecule has 1 aliphatic rings. The van der Waals surface area contributed by atoms with Crippen LogP contribution < -0.4 is 4.90 Å². The maximum Gasteiger partial charge on any atom is 0.147 e. The molecule has 0 aliphatic carbocycles. The van der Waals surface area contributed by atoms with Crippen molar-refractivity contribution in [1.29, 1.82) is 0 Å². The van der Waals surface area contributed by atoms with Crippen molar-refractivity contribution in [3.05, 3.63) is 54.0 Å². The molecule has 1 aromatic heterocycles. The van der Waals surface area contributed by atoms with E-state index in [1.54, 1.807) is 6.20 Å². The second-order valence-corrected chi connectivity index (χ2v) is 5.65. The van der Waals surface area contributed by atoms with Gasteiger partial charge < -0.3 is 9.80 Å². The molecule has 1 aliphatic heterocycles. The van der Waals surface area contributed by atoms with Gasteiger partial charge in [0, 0.05) is 19.6 Å². The predicted molar refractivity (Wildman–Crippen MR) is 85.6 cm³/mol. The lowest BCUT2D eigenvalue weighted by molar-refractivity contribution is 0.268. The fraction of sp³-hybridized carbons (Fsp3) is 0.375. The van der Waals surface area contributed by atoms with Crippen molar-refractivity contribution in [2.75, 3.05) is 31.6 Å². The molecule has 0 bridgehead atoms. The molecule has 1 fully saturated rings. The molecule has 0 saturated carbocycles. The Kier molecular flexibility index (Phi) is 4.36. The minimum atomic E-state index is 0.307. The van der Waals surface area contributed by atoms with E-state index in [1.165, 1.54) is 5.56 Å². The summed E-state index contributed by atoms with van der Waals surface area (Å²) in [6.07, 6.45) is 3.60. The van der Waals surface area contributed by atoms with E-state index < -0.39 is 0 Å². The van der Waals surface area contributed by atoms with E-state index in [4.69, 9.17) is 11.6 Å². The molecule has 5 heteroatoms. The zero-order valence-corrected chi connectivity index (χ0v) is 12.9. The number of aromatic nitrogens is 2. The smallest absolute Gasteiger partial charge is 0.147 e. The number of nitrogens with zero attached hydrogens (tertiary/aromatic N) is 4. The fourth-order valence-electron chi connectivity index (χ4n) is 2.72. The van der Waals surface area contributed by atoms with Crippen molar-refractivity contribution in [2.24, 2.45) is 0 Å². The number of piperazine rings is 1. The fourth-order valence-corrected chi connectivity index (χ4v) is 2.86. The topological polar surface area (TPSA) is 32.3 Å². The number of halogens is 1. The van der Waals surface area contributed by atoms with E-state index in [1.807, 2.05) is 6.20 Å². The molecule has 0 spiro atoms. The average molecular weight is 303 g/mol. The summed E-state index contributed by atoms with van der Waals surface area (Å²) in [5, 5.41) is 0. The third-order valence-corrected chi connectivity index (χ3v) is 4.16. The highest BCUT2D eigenvalue weighted by Gasteiger charge is 2.27. The molecule has 110 valence electrons. The molecule has 1 unspecified atom stereocenters. The first-order chi connectivity index (χ1) is 10.3. The molecule has 1 aromatic carbocycles. The minimum Gasteiger partial charge on any atom is -0.346 e. The second kappa shape index (κ2) is 6.41. The van der Waals surface area contributed by atoms with Crippen LogP contribution in [-0.2, 0) is 5.88 Å². The van der Waals surface area contributed by atoms with Crippen LogP contribution in [0.15, 0.2) is 42.7 Å². The molecule has 1 saturated heterocycles. The highest BCUT2D eigenvalue weighted by molar-refractivity contribution is 6.16. The normalized spacial score (nSPS) is 19.7. The zero-order valence-electron chi connectivity index (χ0n) is 12.1. The van der Waals surface area contributed by atoms with Gasteiger partial charge in [-0.05, 0) is 12.6 Å². The van der Waals surface area contributed by atoms with Crippen molar-refractivity contribution in [3.8, 4) is 0 Å². The van der Waals surface area contributed by atoms with Crippen molar-refractivity contribution in [3.63, 3.8) is 0 Å². The summed E-state index contributed by atoms with van der Waals surface area (Å²) >= 11 is 5.79. The van der Waals surface area contributed by atoms with Crippen molar-refractivity contribution < 1.29 is 0 Å². The third kappa shape index (κ3) is 3.17. The van der Waals surface area contributed by atoms with Gasteiger partial charge >= 0.3 is 0 Å². The van der Waals surface area contributed by atoms with Crippen LogP contribution in [0, 0.1) is 0 Å². The molecule has 1 atom stereocenters. The third-order valence-electron chi connectivity index (χ3n) is 3.89. The second-order valence-electron chi connectivity index (χ2n) is 5.38. The number of rotatable bonds is 3. The Labute approximate surface area is 130 Å². The summed E-state index contributed by atoms with van der Waals surface area (Å²) < 4.78 is 0. The van der Waals surface area contributed by atoms with Gasteiger partial charge in [0.05, 0.1) is 30.0 Å². The van der Waals surface area contributed by atoms with Crippen LogP contribution in [0.25, 0.3) is 0 Å². The first-order valence-corrected chi connectivity index (χ1v) is 7.68. The van der Waals surface area contributed by atoms with Crippen LogP contribution in [0.4, 0.5) is 5.82 Å². The van der Waals surface area contributed by atoms with E-state index >= 15 is 0 Å². The van der Waals surface area contributed by atoms with Gasteiger partial charge in [0.2, 0.25) is 0 Å². The SMILES string of the molecule is CN1CCN(c2cnc(CCl)cn2)C(c2ccccc2)C1. The number of likely N-dealkylation sites (N-methyl/N-ethyl adjacent to an activating group) is 1. The molecule has 0 amide bonds. The molecule has 0 N–H and O–H groups in total. The predicted octanol–water partition coefficient (Wildman–Crippen LogP) is 2.71. The molecular formula is C16H19ClN4. The summed E-state index contributed by atoms with van der Waals surface area (Å²) in [4.78, 5) is 13.6. The molecule has 3 rings (SSSR count). The van der Waals surface area contributed by atoms with E-state index in [2.05, 4.69) is 57.1 Å². The first-order valence-electron chi connectivity index (χ1n) is 7.15. The highest BCUT2D eigenvalue weighted by Crippen LogP contribution is 2.28. The Hall–Kier alpha value is -1.65. The van der Waals surface area contributed by atoms with Gasteiger partial charge in [-0.1, -0.05) is 30.3 Å². The van der Waals surface area contributed by atoms with Gasteiger partial charge in [-0.2, -0.15) is 0 Å². The van der Waals surface area contributed by atoms with Gasteiger partial charge in [0.1, 0.15) is 5.82 Å². The van der Waals surface area contributed by atoms with Gasteiger partial charge in [-0.25, -0.2) is 4.98 Å². The monoisotopic (exact) mass is 302 g/mol. The zero-order chi connectivity index (χ0) is 14.7. The van der Waals surface area contributed by atoms with Gasteiger partial charge in [-0.3, -0.25) is 4.98 Å². The van der Waals surface area contributed by atoms with Crippen LogP contribution in [-0.4, -0.2) is 41.5 Å². The first kappa shape index (κ1) is 14.3. The largest absolute Gasteiger partial charge is 0.346 e. The number of hydrogen-bond acceptors (Lipinski definition) is 4. The van der Waals surface area contributed by atoms with Crippen LogP contribution in [0.2, 0.25) is 0 Å². The maximum atomic E-state index is 5.79. The molecular weight excluding hydrogens is 284 g/mol. The number of alkyl halides is 1. The van der Waals surface area contributed by atoms with Crippen LogP contribution in [0.3, 0.4) is 0 Å². The Balaban J connectivity index is 1.90. The number of anilines is 1. The van der Waals surface area contributed by atoms with E-state index in [9.17, 15) is 0 Å². The van der Waals surface area contributed by atoms with Gasteiger partial charge in [0.25, 0.3) is 0 Å². The Morgan fingerprint density at radius 2 is 1.95 bits per heavy atom. The standard InChI is InChI=1S/C16H19ClN4/c1-20-7-8-21(16-11-18-14(9-17)10-19-16)15(12-20)13-5-3-2-4-6-13/h2-6,10-11,15H,7-9,12H2,1H3. The van der Waals surface area contributed by atoms with E-state index in [-0.39, 0.29) is 0 Å². The summed E-state index contributed by atoms with van der Waals surface area (Å²) in [6.45, 7) is 2.97. The molecule has 4 nitrogen and oxygen atoms in total. The van der Waals surface area contributed by atoms with Crippen molar-refractivity contribution >= 4 is 17.4 Å². The summed E-state index contributed by atoms with van der Waals surface area (Å²) in [5.74, 6) is 1.32. The number of benzene rings is 1. The molecule has 0 radical (unpaired) electrons. The quantitative estimate of drug-likeness (QED) is 0.816. The van der Waals surface area contributed by atoms with Crippen molar-refractivity contribution in [2.45, 2.75) is 11.9 Å². The maximum absolute atomic E-state index is 5.79. The lowest BCUT2D eigenvalue weighted by Gasteiger charge is -2.41. The Morgan fingerprint density at radius 3 is 2.62 bits per heavy atom. The molecule has 21 heavy (non-hydrogen) atoms. The van der Waals surface area contributed by atoms with Gasteiger partial charge in [-0.15, -0.1) is 11.6 Å². The summed E-state index contributed by atoms with van der Waals surface area (Å²) in [6, 6.07) is 10.9. The molecule has 2 heterocycles. The minimum absolute atomic E-state index is 0.307. The average Bonchev–Trinajstić information content (AvgIpc) is 2.56. The Bertz CT molecular complexity index is 573. The summed E-state index contributed by atoms with van der Waals surface area (Å²) in [5.41, 5.74) is 2.12. The van der Waals surface area contributed by atoms with Crippen LogP contribution in [0.5, 0.6) is 0 Å².